The van der Waals surface area contributed by atoms with Gasteiger partial charge in [-0.15, -0.1) is 0 Å². The van der Waals surface area contributed by atoms with Crippen molar-refractivity contribution < 1.29 is 4.79 Å². The molecule has 3 nitrogen and oxygen atoms in total. The van der Waals surface area contributed by atoms with Crippen molar-refractivity contribution in [2.75, 3.05) is 20.1 Å². The molecule has 2 rings (SSSR count). The zero-order valence-electron chi connectivity index (χ0n) is 9.81. The minimum atomic E-state index is 0.147. The molecule has 1 saturated heterocycles. The highest BCUT2D eigenvalue weighted by Crippen LogP contribution is 2.20. The molecule has 0 aliphatic carbocycles. The maximum atomic E-state index is 12.0. The Morgan fingerprint density at radius 1 is 1.38 bits per heavy atom. The van der Waals surface area contributed by atoms with Crippen LogP contribution in [0.3, 0.4) is 0 Å². The van der Waals surface area contributed by atoms with Crippen molar-refractivity contribution >= 4 is 5.91 Å². The summed E-state index contributed by atoms with van der Waals surface area (Å²) in [5.74, 6) is 0.422. The van der Waals surface area contributed by atoms with Gasteiger partial charge in [0.05, 0.1) is 12.0 Å². The quantitative estimate of drug-likeness (QED) is 0.832. The highest BCUT2D eigenvalue weighted by Gasteiger charge is 2.29. The molecule has 0 spiro atoms. The molecule has 1 aliphatic rings. The fourth-order valence-electron chi connectivity index (χ4n) is 1.90. The van der Waals surface area contributed by atoms with E-state index in [1.54, 1.807) is 0 Å². The number of carbonyl (C=O) groups is 1. The Balaban J connectivity index is 2.03. The van der Waals surface area contributed by atoms with E-state index in [4.69, 9.17) is 0 Å². The van der Waals surface area contributed by atoms with Crippen molar-refractivity contribution in [1.29, 1.82) is 0 Å². The van der Waals surface area contributed by atoms with E-state index in [-0.39, 0.29) is 17.9 Å². The van der Waals surface area contributed by atoms with Gasteiger partial charge in [0.15, 0.2) is 0 Å². The van der Waals surface area contributed by atoms with Gasteiger partial charge in [0.1, 0.15) is 0 Å². The monoisotopic (exact) mass is 218 g/mol. The number of hydrogen-bond acceptors (Lipinski definition) is 2. The summed E-state index contributed by atoms with van der Waals surface area (Å²) in [6, 6.07) is 10.3. The molecule has 1 amide bonds. The van der Waals surface area contributed by atoms with Gasteiger partial charge in [-0.25, -0.2) is 0 Å². The lowest BCUT2D eigenvalue weighted by molar-refractivity contribution is -0.137. The highest BCUT2D eigenvalue weighted by molar-refractivity contribution is 5.80. The third kappa shape index (κ3) is 2.09. The molecule has 1 heterocycles. The molecule has 0 bridgehead atoms. The van der Waals surface area contributed by atoms with Crippen LogP contribution in [0.15, 0.2) is 30.3 Å². The van der Waals surface area contributed by atoms with Crippen LogP contribution in [0.2, 0.25) is 0 Å². The summed E-state index contributed by atoms with van der Waals surface area (Å²) < 4.78 is 0. The van der Waals surface area contributed by atoms with Gasteiger partial charge in [0.25, 0.3) is 0 Å². The third-order valence-corrected chi connectivity index (χ3v) is 3.34. The lowest BCUT2D eigenvalue weighted by Gasteiger charge is -2.33. The average molecular weight is 218 g/mol. The maximum Gasteiger partial charge on any atom is 0.228 e. The van der Waals surface area contributed by atoms with Gasteiger partial charge >= 0.3 is 0 Å². The Bertz CT molecular complexity index is 359. The van der Waals surface area contributed by atoms with Crippen LogP contribution in [0.5, 0.6) is 0 Å². The second kappa shape index (κ2) is 4.66. The summed E-state index contributed by atoms with van der Waals surface area (Å²) in [6.07, 6.45) is 0. The molecule has 0 radical (unpaired) electrons. The van der Waals surface area contributed by atoms with Gasteiger partial charge in [-0.05, 0) is 12.5 Å². The first kappa shape index (κ1) is 11.1. The topological polar surface area (TPSA) is 32.3 Å². The Hall–Kier alpha value is -1.35. The number of hydrogen-bond donors (Lipinski definition) is 1. The summed E-state index contributed by atoms with van der Waals surface area (Å²) >= 11 is 0. The van der Waals surface area contributed by atoms with Crippen LogP contribution in [-0.4, -0.2) is 30.9 Å². The van der Waals surface area contributed by atoms with Crippen molar-refractivity contribution in [2.45, 2.75) is 13.0 Å². The molecule has 1 atom stereocenters. The van der Waals surface area contributed by atoms with Crippen LogP contribution in [0, 0.1) is 5.92 Å². The van der Waals surface area contributed by atoms with Crippen LogP contribution in [0.1, 0.15) is 18.5 Å². The fraction of sp³-hybridized carbons (Fsp3) is 0.462. The lowest BCUT2D eigenvalue weighted by atomic mass is 9.99. The molecule has 1 N–H and O–H groups in total. The van der Waals surface area contributed by atoms with Crippen LogP contribution in [0.25, 0.3) is 0 Å². The number of carbonyl (C=O) groups excluding carboxylic acids is 1. The van der Waals surface area contributed by atoms with E-state index in [1.807, 2.05) is 30.1 Å². The Morgan fingerprint density at radius 2 is 2.00 bits per heavy atom. The first-order valence-electron chi connectivity index (χ1n) is 5.72. The van der Waals surface area contributed by atoms with Gasteiger partial charge in [-0.3, -0.25) is 4.79 Å². The molecule has 3 heteroatoms. The zero-order chi connectivity index (χ0) is 11.5. The zero-order valence-corrected chi connectivity index (χ0v) is 9.81. The summed E-state index contributed by atoms with van der Waals surface area (Å²) in [6.45, 7) is 3.72. The number of benzene rings is 1. The lowest BCUT2D eigenvalue weighted by Crippen LogP contribution is -2.51. The van der Waals surface area contributed by atoms with E-state index in [0.717, 1.165) is 13.1 Å². The van der Waals surface area contributed by atoms with Crippen LogP contribution in [0.4, 0.5) is 0 Å². The number of rotatable bonds is 3. The smallest absolute Gasteiger partial charge is 0.228 e. The van der Waals surface area contributed by atoms with E-state index in [9.17, 15) is 4.79 Å². The van der Waals surface area contributed by atoms with E-state index in [2.05, 4.69) is 24.4 Å². The number of nitrogens with zero attached hydrogens (tertiary/aromatic N) is 1. The molecule has 1 aromatic carbocycles. The molecule has 1 unspecified atom stereocenters. The SMILES string of the molecule is CC(c1ccccc1)N(C)C(=O)C1CNC1. The summed E-state index contributed by atoms with van der Waals surface area (Å²) in [4.78, 5) is 13.9. The van der Waals surface area contributed by atoms with Crippen molar-refractivity contribution in [1.82, 2.24) is 10.2 Å². The predicted octanol–water partition coefficient (Wildman–Crippen LogP) is 1.43. The molecule has 86 valence electrons. The maximum absolute atomic E-state index is 12.0. The van der Waals surface area contributed by atoms with Crippen molar-refractivity contribution in [3.8, 4) is 0 Å². The Labute approximate surface area is 96.5 Å². The van der Waals surface area contributed by atoms with Gasteiger partial charge < -0.3 is 10.2 Å². The Morgan fingerprint density at radius 3 is 2.50 bits per heavy atom. The average Bonchev–Trinajstić information content (AvgIpc) is 2.26. The highest BCUT2D eigenvalue weighted by atomic mass is 16.2. The van der Waals surface area contributed by atoms with E-state index >= 15 is 0 Å². The Kier molecular flexibility index (Phi) is 3.25. The van der Waals surface area contributed by atoms with Gasteiger partial charge in [0, 0.05) is 20.1 Å². The molecule has 0 aromatic heterocycles. The molecule has 16 heavy (non-hydrogen) atoms. The molecule has 1 aliphatic heterocycles. The third-order valence-electron chi connectivity index (χ3n) is 3.34. The van der Waals surface area contributed by atoms with Gasteiger partial charge in [-0.1, -0.05) is 30.3 Å². The number of amides is 1. The minimum Gasteiger partial charge on any atom is -0.339 e. The summed E-state index contributed by atoms with van der Waals surface area (Å²) in [5, 5.41) is 3.13. The van der Waals surface area contributed by atoms with Gasteiger partial charge in [0.2, 0.25) is 5.91 Å². The van der Waals surface area contributed by atoms with Gasteiger partial charge in [-0.2, -0.15) is 0 Å². The fourth-order valence-corrected chi connectivity index (χ4v) is 1.90. The second-order valence-electron chi connectivity index (χ2n) is 4.39. The van der Waals surface area contributed by atoms with Crippen LogP contribution < -0.4 is 5.32 Å². The molecular formula is C13H18N2O. The predicted molar refractivity (Wildman–Crippen MR) is 64.0 cm³/mol. The first-order valence-corrected chi connectivity index (χ1v) is 5.72. The summed E-state index contributed by atoms with van der Waals surface area (Å²) in [5.41, 5.74) is 1.19. The van der Waals surface area contributed by atoms with Crippen molar-refractivity contribution in [2.24, 2.45) is 5.92 Å². The molecule has 1 fully saturated rings. The van der Waals surface area contributed by atoms with Crippen LogP contribution in [-0.2, 0) is 4.79 Å². The van der Waals surface area contributed by atoms with Crippen LogP contribution >= 0.6 is 0 Å². The minimum absolute atomic E-state index is 0.147. The van der Waals surface area contributed by atoms with E-state index in [1.165, 1.54) is 5.56 Å². The standard InChI is InChI=1S/C13H18N2O/c1-10(11-6-4-3-5-7-11)15(2)13(16)12-8-14-9-12/h3-7,10,12,14H,8-9H2,1-2H3. The normalized spacial score (nSPS) is 17.6. The van der Waals surface area contributed by atoms with E-state index < -0.39 is 0 Å². The molecular weight excluding hydrogens is 200 g/mol. The second-order valence-corrected chi connectivity index (χ2v) is 4.39. The largest absolute Gasteiger partial charge is 0.339 e. The van der Waals surface area contributed by atoms with Crippen molar-refractivity contribution in [3.63, 3.8) is 0 Å². The molecule has 0 saturated carbocycles. The van der Waals surface area contributed by atoms with Crippen molar-refractivity contribution in [3.05, 3.63) is 35.9 Å². The number of nitrogens with one attached hydrogen (secondary N) is 1. The molecule has 1 aromatic rings. The first-order chi connectivity index (χ1) is 7.70. The van der Waals surface area contributed by atoms with E-state index in [0.29, 0.717) is 0 Å². The summed E-state index contributed by atoms with van der Waals surface area (Å²) in [7, 11) is 1.89.